The predicted octanol–water partition coefficient (Wildman–Crippen LogP) is 4.77. The number of hydrogen-bond acceptors (Lipinski definition) is 2. The molecule has 0 atom stereocenters. The predicted molar refractivity (Wildman–Crippen MR) is 76.1 cm³/mol. The molecule has 2 nitrogen and oxygen atoms in total. The largest absolute Gasteiger partial charge is 0.416 e. The van der Waals surface area contributed by atoms with Crippen LogP contribution in [0, 0.1) is 0 Å². The van der Waals surface area contributed by atoms with E-state index in [4.69, 9.17) is 0 Å². The molecule has 106 valence electrons. The second kappa shape index (κ2) is 6.65. The molecule has 1 aromatic carbocycles. The summed E-state index contributed by atoms with van der Waals surface area (Å²) >= 11 is 3.09. The van der Waals surface area contributed by atoms with Crippen LogP contribution in [0.25, 0.3) is 0 Å². The SMILES string of the molecule is C=C(C(=O)c1ccc(C(F)(F)F)cc1)C(Br)=N/C=C\C. The van der Waals surface area contributed by atoms with E-state index in [1.54, 1.807) is 13.0 Å². The molecule has 1 aromatic rings. The standard InChI is InChI=1S/C14H11BrF3NO/c1-3-8-19-13(15)9(2)12(20)10-4-6-11(7-5-10)14(16,17)18/h3-8H,2H2,1H3/b8-3-,19-13?. The number of benzene rings is 1. The Balaban J connectivity index is 2.96. The van der Waals surface area contributed by atoms with E-state index < -0.39 is 17.5 Å². The van der Waals surface area contributed by atoms with Crippen LogP contribution < -0.4 is 0 Å². The van der Waals surface area contributed by atoms with Crippen molar-refractivity contribution in [2.75, 3.05) is 0 Å². The van der Waals surface area contributed by atoms with E-state index in [0.29, 0.717) is 0 Å². The average Bonchev–Trinajstić information content (AvgIpc) is 2.42. The van der Waals surface area contributed by atoms with Gasteiger partial charge >= 0.3 is 6.18 Å². The van der Waals surface area contributed by atoms with E-state index in [1.807, 2.05) is 0 Å². The Kier molecular flexibility index (Phi) is 5.44. The van der Waals surface area contributed by atoms with Crippen molar-refractivity contribution in [3.05, 3.63) is 59.8 Å². The fourth-order valence-corrected chi connectivity index (χ4v) is 1.59. The van der Waals surface area contributed by atoms with E-state index in [1.165, 1.54) is 6.20 Å². The maximum absolute atomic E-state index is 12.4. The van der Waals surface area contributed by atoms with Crippen molar-refractivity contribution < 1.29 is 18.0 Å². The third-order valence-corrected chi connectivity index (χ3v) is 3.02. The van der Waals surface area contributed by atoms with E-state index >= 15 is 0 Å². The van der Waals surface area contributed by atoms with Gasteiger partial charge in [-0.15, -0.1) is 0 Å². The van der Waals surface area contributed by atoms with Crippen molar-refractivity contribution in [2.45, 2.75) is 13.1 Å². The van der Waals surface area contributed by atoms with Crippen molar-refractivity contribution in [3.8, 4) is 0 Å². The van der Waals surface area contributed by atoms with Crippen molar-refractivity contribution in [2.24, 2.45) is 4.99 Å². The van der Waals surface area contributed by atoms with Crippen molar-refractivity contribution >= 4 is 26.3 Å². The highest BCUT2D eigenvalue weighted by Gasteiger charge is 2.30. The van der Waals surface area contributed by atoms with Gasteiger partial charge in [0.25, 0.3) is 0 Å². The molecule has 0 radical (unpaired) electrons. The number of halogens is 4. The van der Waals surface area contributed by atoms with Gasteiger partial charge in [0.1, 0.15) is 4.62 Å². The third kappa shape index (κ3) is 4.16. The normalized spacial score (nSPS) is 12.8. The smallest absolute Gasteiger partial charge is 0.289 e. The number of ketones is 1. The average molecular weight is 346 g/mol. The molecule has 0 heterocycles. The first kappa shape index (κ1) is 16.4. The molecule has 20 heavy (non-hydrogen) atoms. The van der Waals surface area contributed by atoms with Gasteiger partial charge in [-0.05, 0) is 35.0 Å². The van der Waals surface area contributed by atoms with E-state index in [2.05, 4.69) is 27.5 Å². The zero-order valence-electron chi connectivity index (χ0n) is 10.5. The van der Waals surface area contributed by atoms with Gasteiger partial charge < -0.3 is 0 Å². The minimum Gasteiger partial charge on any atom is -0.289 e. The third-order valence-electron chi connectivity index (χ3n) is 2.33. The van der Waals surface area contributed by atoms with Crippen LogP contribution in [0.3, 0.4) is 0 Å². The molecular formula is C14H11BrF3NO. The second-order valence-corrected chi connectivity index (χ2v) is 4.54. The first-order valence-corrected chi connectivity index (χ1v) is 6.32. The molecule has 0 N–H and O–H groups in total. The van der Waals surface area contributed by atoms with Crippen LogP contribution in [0.1, 0.15) is 22.8 Å². The van der Waals surface area contributed by atoms with Crippen molar-refractivity contribution in [3.63, 3.8) is 0 Å². The van der Waals surface area contributed by atoms with E-state index in [0.717, 1.165) is 24.3 Å². The summed E-state index contributed by atoms with van der Waals surface area (Å²) in [4.78, 5) is 15.9. The van der Waals surface area contributed by atoms with Gasteiger partial charge in [-0.25, -0.2) is 4.99 Å². The van der Waals surface area contributed by atoms with Crippen molar-refractivity contribution in [1.29, 1.82) is 0 Å². The maximum atomic E-state index is 12.4. The summed E-state index contributed by atoms with van der Waals surface area (Å²) in [6, 6.07) is 3.95. The van der Waals surface area contributed by atoms with E-state index in [-0.39, 0.29) is 15.8 Å². The summed E-state index contributed by atoms with van der Waals surface area (Å²) in [6.45, 7) is 5.33. The highest BCUT2D eigenvalue weighted by atomic mass is 79.9. The van der Waals surface area contributed by atoms with Crippen LogP contribution in [0.5, 0.6) is 0 Å². The van der Waals surface area contributed by atoms with Crippen LogP contribution in [0.15, 0.2) is 53.7 Å². The molecule has 0 aliphatic rings. The highest BCUT2D eigenvalue weighted by Crippen LogP contribution is 2.29. The summed E-state index contributed by atoms with van der Waals surface area (Å²) in [6.07, 6.45) is -1.29. The molecule has 6 heteroatoms. The van der Waals surface area contributed by atoms with Gasteiger partial charge in [-0.2, -0.15) is 13.2 Å². The van der Waals surface area contributed by atoms with Crippen molar-refractivity contribution in [1.82, 2.24) is 0 Å². The highest BCUT2D eigenvalue weighted by molar-refractivity contribution is 9.18. The van der Waals surface area contributed by atoms with Gasteiger partial charge in [-0.1, -0.05) is 24.8 Å². The number of hydrogen-bond donors (Lipinski definition) is 0. The zero-order chi connectivity index (χ0) is 15.3. The Morgan fingerprint density at radius 2 is 1.85 bits per heavy atom. The van der Waals surface area contributed by atoms with Crippen LogP contribution >= 0.6 is 15.9 Å². The molecular weight excluding hydrogens is 335 g/mol. The lowest BCUT2D eigenvalue weighted by Gasteiger charge is -2.07. The Morgan fingerprint density at radius 3 is 2.30 bits per heavy atom. The molecule has 0 aromatic heterocycles. The topological polar surface area (TPSA) is 29.4 Å². The van der Waals surface area contributed by atoms with E-state index in [9.17, 15) is 18.0 Å². The number of carbonyl (C=O) groups is 1. The number of Topliss-reactive ketones (excluding diaryl/α,β-unsaturated/α-hetero) is 1. The summed E-state index contributed by atoms with van der Waals surface area (Å²) in [7, 11) is 0. The monoisotopic (exact) mass is 345 g/mol. The number of rotatable bonds is 4. The quantitative estimate of drug-likeness (QED) is 0.439. The molecule has 0 spiro atoms. The lowest BCUT2D eigenvalue weighted by atomic mass is 10.0. The first-order chi connectivity index (χ1) is 9.27. The van der Waals surface area contributed by atoms with Gasteiger partial charge in [0.15, 0.2) is 5.78 Å². The lowest BCUT2D eigenvalue weighted by Crippen LogP contribution is -2.09. The fourth-order valence-electron chi connectivity index (χ4n) is 1.30. The Labute approximate surface area is 122 Å². The molecule has 1 rings (SSSR count). The number of aliphatic imine (C=N–C) groups is 1. The lowest BCUT2D eigenvalue weighted by molar-refractivity contribution is -0.137. The van der Waals surface area contributed by atoms with Gasteiger partial charge in [0, 0.05) is 17.3 Å². The molecule has 0 aliphatic carbocycles. The Hall–Kier alpha value is -1.69. The molecule has 0 aliphatic heterocycles. The fraction of sp³-hybridized carbons (Fsp3) is 0.143. The molecule has 0 unspecified atom stereocenters. The molecule has 0 saturated carbocycles. The Bertz CT molecular complexity index is 571. The minimum absolute atomic E-state index is 0.0721. The van der Waals surface area contributed by atoms with Crippen LogP contribution in [0.4, 0.5) is 13.2 Å². The first-order valence-electron chi connectivity index (χ1n) is 5.53. The number of carbonyl (C=O) groups excluding carboxylic acids is 1. The summed E-state index contributed by atoms with van der Waals surface area (Å²) in [5.41, 5.74) is -0.611. The minimum atomic E-state index is -4.42. The summed E-state index contributed by atoms with van der Waals surface area (Å²) in [5.74, 6) is -0.487. The molecule has 0 bridgehead atoms. The number of alkyl halides is 3. The Morgan fingerprint density at radius 1 is 1.30 bits per heavy atom. The maximum Gasteiger partial charge on any atom is 0.416 e. The zero-order valence-corrected chi connectivity index (χ0v) is 12.1. The van der Waals surface area contributed by atoms with Gasteiger partial charge in [-0.3, -0.25) is 4.79 Å². The number of nitrogens with zero attached hydrogens (tertiary/aromatic N) is 1. The van der Waals surface area contributed by atoms with Gasteiger partial charge in [0.05, 0.1) is 5.56 Å². The van der Waals surface area contributed by atoms with Crippen LogP contribution in [-0.2, 0) is 6.18 Å². The number of allylic oxidation sites excluding steroid dienone is 2. The van der Waals surface area contributed by atoms with Crippen LogP contribution in [0.2, 0.25) is 0 Å². The summed E-state index contributed by atoms with van der Waals surface area (Å²) < 4.78 is 37.5. The van der Waals surface area contributed by atoms with Gasteiger partial charge in [0.2, 0.25) is 0 Å². The molecule has 0 amide bonds. The summed E-state index contributed by atoms with van der Waals surface area (Å²) in [5, 5.41) is 0. The second-order valence-electron chi connectivity index (χ2n) is 3.79. The molecule has 0 saturated heterocycles. The molecule has 0 fully saturated rings. The van der Waals surface area contributed by atoms with Crippen LogP contribution in [-0.4, -0.2) is 10.4 Å².